The van der Waals surface area contributed by atoms with E-state index < -0.39 is 17.7 Å². The van der Waals surface area contributed by atoms with Crippen molar-refractivity contribution in [3.63, 3.8) is 0 Å². The third kappa shape index (κ3) is 5.04. The van der Waals surface area contributed by atoms with E-state index in [2.05, 4.69) is 5.32 Å². The van der Waals surface area contributed by atoms with Crippen molar-refractivity contribution in [2.75, 3.05) is 0 Å². The van der Waals surface area contributed by atoms with E-state index in [-0.39, 0.29) is 24.7 Å². The van der Waals surface area contributed by atoms with Crippen molar-refractivity contribution in [3.05, 3.63) is 48.0 Å². The second kappa shape index (κ2) is 8.28. The van der Waals surface area contributed by atoms with Crippen LogP contribution in [0.15, 0.2) is 42.5 Å². The minimum Gasteiger partial charge on any atom is -0.370 e. The van der Waals surface area contributed by atoms with Gasteiger partial charge in [0, 0.05) is 25.3 Å². The summed E-state index contributed by atoms with van der Waals surface area (Å²) in [4.78, 5) is 34.7. The van der Waals surface area contributed by atoms with E-state index in [0.29, 0.717) is 6.54 Å². The van der Waals surface area contributed by atoms with Gasteiger partial charge in [-0.2, -0.15) is 0 Å². The fraction of sp³-hybridized carbons (Fsp3) is 0.316. The van der Waals surface area contributed by atoms with Gasteiger partial charge in [0.2, 0.25) is 17.7 Å². The third-order valence-corrected chi connectivity index (χ3v) is 4.34. The molecule has 0 bridgehead atoms. The van der Waals surface area contributed by atoms with Crippen LogP contribution < -0.4 is 16.8 Å². The molecule has 6 nitrogen and oxygen atoms in total. The highest BCUT2D eigenvalue weighted by molar-refractivity contribution is 5.87. The molecule has 1 unspecified atom stereocenters. The van der Waals surface area contributed by atoms with Crippen LogP contribution in [0.5, 0.6) is 0 Å². The van der Waals surface area contributed by atoms with E-state index in [1.807, 2.05) is 42.5 Å². The molecule has 2 aromatic rings. The fourth-order valence-electron chi connectivity index (χ4n) is 2.95. The maximum atomic E-state index is 12.2. The number of carbonyl (C=O) groups is 3. The van der Waals surface area contributed by atoms with Gasteiger partial charge in [-0.1, -0.05) is 49.4 Å². The Balaban J connectivity index is 1.97. The summed E-state index contributed by atoms with van der Waals surface area (Å²) in [5.74, 6) is -2.52. The Bertz CT molecular complexity index is 783. The lowest BCUT2D eigenvalue weighted by molar-refractivity contribution is -0.130. The Morgan fingerprint density at radius 3 is 2.36 bits per heavy atom. The minimum atomic E-state index is -0.735. The van der Waals surface area contributed by atoms with Gasteiger partial charge in [-0.3, -0.25) is 14.4 Å². The number of benzene rings is 2. The van der Waals surface area contributed by atoms with Crippen LogP contribution in [0.25, 0.3) is 10.8 Å². The molecule has 0 heterocycles. The van der Waals surface area contributed by atoms with Crippen molar-refractivity contribution in [1.82, 2.24) is 5.32 Å². The zero-order valence-corrected chi connectivity index (χ0v) is 14.2. The van der Waals surface area contributed by atoms with Crippen LogP contribution in [0.2, 0.25) is 0 Å². The van der Waals surface area contributed by atoms with Gasteiger partial charge in [0.25, 0.3) is 0 Å². The molecule has 0 saturated carbocycles. The van der Waals surface area contributed by atoms with Gasteiger partial charge in [0.15, 0.2) is 0 Å². The zero-order chi connectivity index (χ0) is 18.4. The Morgan fingerprint density at radius 2 is 1.68 bits per heavy atom. The Labute approximate surface area is 146 Å². The number of nitrogens with one attached hydrogen (secondary N) is 1. The summed E-state index contributed by atoms with van der Waals surface area (Å²) in [7, 11) is 0. The Morgan fingerprint density at radius 1 is 1.00 bits per heavy atom. The van der Waals surface area contributed by atoms with E-state index >= 15 is 0 Å². The Kier molecular flexibility index (Phi) is 6.11. The van der Waals surface area contributed by atoms with E-state index in [0.717, 1.165) is 16.3 Å². The second-order valence-corrected chi connectivity index (χ2v) is 6.28. The smallest absolute Gasteiger partial charge is 0.221 e. The molecule has 0 spiro atoms. The first kappa shape index (κ1) is 18.4. The molecule has 5 N–H and O–H groups in total. The molecule has 2 aromatic carbocycles. The summed E-state index contributed by atoms with van der Waals surface area (Å²) >= 11 is 0. The van der Waals surface area contributed by atoms with Gasteiger partial charge in [0.1, 0.15) is 0 Å². The highest BCUT2D eigenvalue weighted by Crippen LogP contribution is 2.20. The number of nitrogens with two attached hydrogens (primary N) is 2. The Hall–Kier alpha value is -2.89. The average molecular weight is 341 g/mol. The first-order chi connectivity index (χ1) is 11.9. The van der Waals surface area contributed by atoms with E-state index in [9.17, 15) is 14.4 Å². The van der Waals surface area contributed by atoms with Crippen molar-refractivity contribution in [2.24, 2.45) is 23.3 Å². The van der Waals surface area contributed by atoms with Crippen LogP contribution in [0, 0.1) is 11.8 Å². The summed E-state index contributed by atoms with van der Waals surface area (Å²) < 4.78 is 0. The van der Waals surface area contributed by atoms with Crippen LogP contribution in [0.3, 0.4) is 0 Å². The summed E-state index contributed by atoms with van der Waals surface area (Å²) in [5, 5.41) is 5.06. The molecule has 0 radical (unpaired) electrons. The van der Waals surface area contributed by atoms with Crippen LogP contribution in [0.1, 0.15) is 25.3 Å². The molecule has 25 heavy (non-hydrogen) atoms. The summed E-state index contributed by atoms with van der Waals surface area (Å²) in [6.07, 6.45) is -0.0429. The number of rotatable bonds is 8. The molecule has 0 aliphatic rings. The third-order valence-electron chi connectivity index (χ3n) is 4.34. The lowest BCUT2D eigenvalue weighted by atomic mass is 9.87. The minimum absolute atomic E-state index is 0.103. The van der Waals surface area contributed by atoms with Crippen molar-refractivity contribution >= 4 is 28.5 Å². The van der Waals surface area contributed by atoms with Gasteiger partial charge >= 0.3 is 0 Å². The maximum absolute atomic E-state index is 12.2. The van der Waals surface area contributed by atoms with Crippen LogP contribution in [-0.4, -0.2) is 17.7 Å². The van der Waals surface area contributed by atoms with Gasteiger partial charge in [0.05, 0.1) is 0 Å². The average Bonchev–Trinajstić information content (AvgIpc) is 2.57. The van der Waals surface area contributed by atoms with E-state index in [1.54, 1.807) is 6.92 Å². The van der Waals surface area contributed by atoms with Crippen molar-refractivity contribution in [1.29, 1.82) is 0 Å². The first-order valence-electron chi connectivity index (χ1n) is 8.19. The molecule has 0 fully saturated rings. The maximum Gasteiger partial charge on any atom is 0.221 e. The van der Waals surface area contributed by atoms with Crippen molar-refractivity contribution in [2.45, 2.75) is 26.3 Å². The fourth-order valence-corrected chi connectivity index (χ4v) is 2.95. The van der Waals surface area contributed by atoms with Crippen LogP contribution in [-0.2, 0) is 20.9 Å². The van der Waals surface area contributed by atoms with Gasteiger partial charge in [-0.05, 0) is 22.3 Å². The van der Waals surface area contributed by atoms with Gasteiger partial charge in [-0.15, -0.1) is 0 Å². The molecule has 0 saturated heterocycles. The molecule has 6 heteroatoms. The molecule has 0 aliphatic heterocycles. The topological polar surface area (TPSA) is 115 Å². The van der Waals surface area contributed by atoms with Crippen LogP contribution in [0.4, 0.5) is 0 Å². The molecule has 132 valence electrons. The molecule has 3 amide bonds. The largest absolute Gasteiger partial charge is 0.370 e. The quantitative estimate of drug-likeness (QED) is 0.675. The zero-order valence-electron chi connectivity index (χ0n) is 14.2. The standard InChI is InChI=1S/C19H23N3O3/c1-12(16(19(21)25)10-17(20)23)9-18(24)22-11-14-7-4-6-13-5-2-3-8-15(13)14/h2-8,12,16H,9-11H2,1H3,(H2,20,23)(H2,21,25)(H,22,24)/t12-,16?/m0/s1. The number of carbonyl (C=O) groups excluding carboxylic acids is 3. The number of amides is 3. The predicted molar refractivity (Wildman–Crippen MR) is 96.1 cm³/mol. The van der Waals surface area contributed by atoms with Crippen molar-refractivity contribution < 1.29 is 14.4 Å². The number of fused-ring (bicyclic) bond motifs is 1. The molecular formula is C19H23N3O3. The first-order valence-corrected chi connectivity index (χ1v) is 8.19. The SMILES string of the molecule is C[C@@H](CC(=O)NCc1cccc2ccccc12)C(CC(N)=O)C(N)=O. The molecular weight excluding hydrogens is 318 g/mol. The molecule has 2 atom stereocenters. The summed E-state index contributed by atoms with van der Waals surface area (Å²) in [6, 6.07) is 13.9. The second-order valence-electron chi connectivity index (χ2n) is 6.28. The van der Waals surface area contributed by atoms with E-state index in [4.69, 9.17) is 11.5 Å². The predicted octanol–water partition coefficient (Wildman–Crippen LogP) is 1.46. The van der Waals surface area contributed by atoms with Gasteiger partial charge < -0.3 is 16.8 Å². The van der Waals surface area contributed by atoms with E-state index in [1.165, 1.54) is 0 Å². The normalized spacial score (nSPS) is 13.2. The highest BCUT2D eigenvalue weighted by Gasteiger charge is 2.26. The monoisotopic (exact) mass is 341 g/mol. The lowest BCUT2D eigenvalue weighted by Gasteiger charge is -2.19. The highest BCUT2D eigenvalue weighted by atomic mass is 16.2. The number of hydrogen-bond donors (Lipinski definition) is 3. The summed E-state index contributed by atoms with van der Waals surface area (Å²) in [5.41, 5.74) is 11.5. The van der Waals surface area contributed by atoms with Gasteiger partial charge in [-0.25, -0.2) is 0 Å². The molecule has 0 aliphatic carbocycles. The number of primary amides is 2. The lowest BCUT2D eigenvalue weighted by Crippen LogP contribution is -2.35. The summed E-state index contributed by atoms with van der Waals surface area (Å²) in [6.45, 7) is 2.11. The van der Waals surface area contributed by atoms with Crippen molar-refractivity contribution in [3.8, 4) is 0 Å². The molecule has 0 aromatic heterocycles. The number of hydrogen-bond acceptors (Lipinski definition) is 3. The van der Waals surface area contributed by atoms with Crippen LogP contribution >= 0.6 is 0 Å². The molecule has 2 rings (SSSR count).